The molecule has 3 aromatic carbocycles. The second kappa shape index (κ2) is 9.83. The highest BCUT2D eigenvalue weighted by Crippen LogP contribution is 2.38. The van der Waals surface area contributed by atoms with E-state index in [1.165, 1.54) is 0 Å². The van der Waals surface area contributed by atoms with Gasteiger partial charge in [-0.15, -0.1) is 0 Å². The van der Waals surface area contributed by atoms with Crippen LogP contribution >= 0.6 is 15.9 Å². The summed E-state index contributed by atoms with van der Waals surface area (Å²) in [6.07, 6.45) is 1.60. The Hall–Kier alpha value is -3.71. The normalized spacial score (nSPS) is 14.1. The minimum atomic E-state index is -0.544. The number of esters is 2. The number of aryl methyl sites for hydroxylation is 1. The van der Waals surface area contributed by atoms with Gasteiger partial charge in [0.05, 0.1) is 16.6 Å². The van der Waals surface area contributed by atoms with Gasteiger partial charge in [-0.1, -0.05) is 36.4 Å². The average molecular weight is 506 g/mol. The molecule has 0 fully saturated rings. The zero-order valence-corrected chi connectivity index (χ0v) is 19.6. The minimum absolute atomic E-state index is 0.160. The molecule has 0 spiro atoms. The van der Waals surface area contributed by atoms with E-state index in [4.69, 9.17) is 14.2 Å². The summed E-state index contributed by atoms with van der Waals surface area (Å²) in [7, 11) is 0. The number of carbonyl (C=O) groups is 2. The highest BCUT2D eigenvalue weighted by atomic mass is 79.9. The molecule has 6 nitrogen and oxygen atoms in total. The first-order valence-electron chi connectivity index (χ1n) is 10.3. The molecule has 0 saturated heterocycles. The molecule has 0 bridgehead atoms. The van der Waals surface area contributed by atoms with E-state index in [2.05, 4.69) is 20.9 Å². The summed E-state index contributed by atoms with van der Waals surface area (Å²) >= 11 is 3.46. The van der Waals surface area contributed by atoms with Crippen molar-refractivity contribution in [3.05, 3.63) is 99.2 Å². The number of ether oxygens (including phenoxy) is 3. The minimum Gasteiger partial charge on any atom is -0.490 e. The Labute approximate surface area is 199 Å². The largest absolute Gasteiger partial charge is 0.490 e. The van der Waals surface area contributed by atoms with Gasteiger partial charge in [0.15, 0.2) is 17.2 Å². The molecule has 0 unspecified atom stereocenters. The molecule has 0 saturated carbocycles. The Balaban J connectivity index is 1.66. The van der Waals surface area contributed by atoms with Gasteiger partial charge in [-0.05, 0) is 77.3 Å². The SMILES string of the molecule is CCOc1cc(/C=C2\N=C(c3ccccc3)OC2=O)cc(Br)c1OC(=O)c1ccccc1C. The molecule has 1 aliphatic heterocycles. The maximum Gasteiger partial charge on any atom is 0.363 e. The number of benzene rings is 3. The fourth-order valence-electron chi connectivity index (χ4n) is 3.25. The van der Waals surface area contributed by atoms with Crippen LogP contribution in [0.25, 0.3) is 6.08 Å². The number of carbonyl (C=O) groups excluding carboxylic acids is 2. The molecule has 0 radical (unpaired) electrons. The summed E-state index contributed by atoms with van der Waals surface area (Å²) in [6, 6.07) is 19.8. The van der Waals surface area contributed by atoms with Crippen LogP contribution < -0.4 is 9.47 Å². The summed E-state index contributed by atoms with van der Waals surface area (Å²) in [5.74, 6) is -0.163. The zero-order chi connectivity index (χ0) is 23.4. The van der Waals surface area contributed by atoms with E-state index in [-0.39, 0.29) is 17.3 Å². The van der Waals surface area contributed by atoms with Crippen LogP contribution in [0, 0.1) is 6.92 Å². The van der Waals surface area contributed by atoms with E-state index < -0.39 is 11.9 Å². The fourth-order valence-corrected chi connectivity index (χ4v) is 3.79. The summed E-state index contributed by atoms with van der Waals surface area (Å²) in [5.41, 5.74) is 2.78. The molecule has 0 aliphatic carbocycles. The van der Waals surface area contributed by atoms with Gasteiger partial charge in [0.25, 0.3) is 0 Å². The number of aliphatic imine (C=N–C) groups is 1. The molecule has 33 heavy (non-hydrogen) atoms. The first-order valence-corrected chi connectivity index (χ1v) is 11.1. The lowest BCUT2D eigenvalue weighted by atomic mass is 10.1. The fraction of sp³-hybridized carbons (Fsp3) is 0.115. The van der Waals surface area contributed by atoms with E-state index in [0.29, 0.717) is 33.5 Å². The Bertz CT molecular complexity index is 1280. The van der Waals surface area contributed by atoms with Crippen LogP contribution in [0.5, 0.6) is 11.5 Å². The second-order valence-corrected chi connectivity index (χ2v) is 8.02. The number of hydrogen-bond donors (Lipinski definition) is 0. The predicted molar refractivity (Wildman–Crippen MR) is 128 cm³/mol. The smallest absolute Gasteiger partial charge is 0.363 e. The molecule has 0 amide bonds. The monoisotopic (exact) mass is 505 g/mol. The van der Waals surface area contributed by atoms with Gasteiger partial charge in [-0.3, -0.25) is 0 Å². The third-order valence-electron chi connectivity index (χ3n) is 4.84. The van der Waals surface area contributed by atoms with Crippen LogP contribution in [0.1, 0.15) is 34.0 Å². The molecular weight excluding hydrogens is 486 g/mol. The third-order valence-corrected chi connectivity index (χ3v) is 5.43. The van der Waals surface area contributed by atoms with Crippen LogP contribution in [-0.4, -0.2) is 24.4 Å². The lowest BCUT2D eigenvalue weighted by molar-refractivity contribution is -0.129. The standard InChI is InChI=1S/C26H20BrNO5/c1-3-31-22-15-17(14-21-26(30)33-24(28-21)18-10-5-4-6-11-18)13-20(27)23(22)32-25(29)19-12-8-7-9-16(19)2/h4-15H,3H2,1-2H3/b21-14-. The summed E-state index contributed by atoms with van der Waals surface area (Å²) in [5, 5.41) is 0. The van der Waals surface area contributed by atoms with Crippen molar-refractivity contribution in [2.45, 2.75) is 13.8 Å². The van der Waals surface area contributed by atoms with E-state index in [1.54, 1.807) is 30.3 Å². The zero-order valence-electron chi connectivity index (χ0n) is 18.0. The van der Waals surface area contributed by atoms with E-state index in [1.807, 2.05) is 56.3 Å². The third kappa shape index (κ3) is 5.04. The lowest BCUT2D eigenvalue weighted by Gasteiger charge is -2.14. The highest BCUT2D eigenvalue weighted by molar-refractivity contribution is 9.10. The van der Waals surface area contributed by atoms with Crippen molar-refractivity contribution in [2.75, 3.05) is 6.61 Å². The Morgan fingerprint density at radius 3 is 2.55 bits per heavy atom. The van der Waals surface area contributed by atoms with Crippen molar-refractivity contribution < 1.29 is 23.8 Å². The molecule has 4 rings (SSSR count). The van der Waals surface area contributed by atoms with Crippen LogP contribution in [0.4, 0.5) is 0 Å². The van der Waals surface area contributed by atoms with E-state index >= 15 is 0 Å². The van der Waals surface area contributed by atoms with Crippen molar-refractivity contribution >= 4 is 39.8 Å². The topological polar surface area (TPSA) is 74.2 Å². The van der Waals surface area contributed by atoms with Gasteiger partial charge in [0.1, 0.15) is 0 Å². The van der Waals surface area contributed by atoms with Crippen molar-refractivity contribution in [1.29, 1.82) is 0 Å². The van der Waals surface area contributed by atoms with E-state index in [9.17, 15) is 9.59 Å². The van der Waals surface area contributed by atoms with Crippen LogP contribution in [0.15, 0.2) is 81.9 Å². The van der Waals surface area contributed by atoms with Crippen molar-refractivity contribution in [2.24, 2.45) is 4.99 Å². The first kappa shape index (κ1) is 22.5. The lowest BCUT2D eigenvalue weighted by Crippen LogP contribution is -2.11. The first-order chi connectivity index (χ1) is 16.0. The van der Waals surface area contributed by atoms with Gasteiger partial charge >= 0.3 is 11.9 Å². The Morgan fingerprint density at radius 1 is 1.09 bits per heavy atom. The summed E-state index contributed by atoms with van der Waals surface area (Å²) < 4.78 is 17.2. The van der Waals surface area contributed by atoms with Crippen LogP contribution in [-0.2, 0) is 9.53 Å². The van der Waals surface area contributed by atoms with Crippen molar-refractivity contribution in [1.82, 2.24) is 0 Å². The van der Waals surface area contributed by atoms with Gasteiger partial charge in [0, 0.05) is 5.56 Å². The molecule has 1 heterocycles. The second-order valence-electron chi connectivity index (χ2n) is 7.17. The number of cyclic esters (lactones) is 1. The van der Waals surface area contributed by atoms with E-state index in [0.717, 1.165) is 5.56 Å². The molecule has 1 aliphatic rings. The number of halogens is 1. The molecule has 166 valence electrons. The molecule has 0 atom stereocenters. The molecule has 7 heteroatoms. The molecule has 0 N–H and O–H groups in total. The molecule has 3 aromatic rings. The maximum atomic E-state index is 12.7. The summed E-state index contributed by atoms with van der Waals surface area (Å²) in [6.45, 7) is 4.03. The molecular formula is C26H20BrNO5. The maximum absolute atomic E-state index is 12.7. The quantitative estimate of drug-likeness (QED) is 0.243. The number of hydrogen-bond acceptors (Lipinski definition) is 6. The Morgan fingerprint density at radius 2 is 1.82 bits per heavy atom. The predicted octanol–water partition coefficient (Wildman–Crippen LogP) is 5.72. The number of rotatable bonds is 6. The van der Waals surface area contributed by atoms with Crippen molar-refractivity contribution in [3.8, 4) is 11.5 Å². The van der Waals surface area contributed by atoms with Gasteiger partial charge in [-0.2, -0.15) is 0 Å². The summed E-state index contributed by atoms with van der Waals surface area (Å²) in [4.78, 5) is 29.4. The Kier molecular flexibility index (Phi) is 6.70. The van der Waals surface area contributed by atoms with Gasteiger partial charge < -0.3 is 14.2 Å². The average Bonchev–Trinajstić information content (AvgIpc) is 3.17. The molecule has 0 aromatic heterocycles. The highest BCUT2D eigenvalue weighted by Gasteiger charge is 2.25. The van der Waals surface area contributed by atoms with Crippen LogP contribution in [0.3, 0.4) is 0 Å². The van der Waals surface area contributed by atoms with Gasteiger partial charge in [-0.25, -0.2) is 14.6 Å². The van der Waals surface area contributed by atoms with Crippen LogP contribution in [0.2, 0.25) is 0 Å². The van der Waals surface area contributed by atoms with Crippen molar-refractivity contribution in [3.63, 3.8) is 0 Å². The van der Waals surface area contributed by atoms with Gasteiger partial charge in [0.2, 0.25) is 5.90 Å². The number of nitrogens with zero attached hydrogens (tertiary/aromatic N) is 1.